The van der Waals surface area contributed by atoms with Gasteiger partial charge in [-0.2, -0.15) is 0 Å². The van der Waals surface area contributed by atoms with Crippen molar-refractivity contribution in [1.29, 1.82) is 0 Å². The largest absolute Gasteiger partial charge is 0.489 e. The lowest BCUT2D eigenvalue weighted by atomic mass is 10.1. The molecule has 1 saturated heterocycles. The molecule has 0 radical (unpaired) electrons. The molecule has 1 aromatic carbocycles. The molecule has 0 bridgehead atoms. The van der Waals surface area contributed by atoms with Gasteiger partial charge < -0.3 is 10.5 Å². The molecule has 0 aliphatic carbocycles. The Kier molecular flexibility index (Phi) is 4.10. The Bertz CT molecular complexity index is 557. The summed E-state index contributed by atoms with van der Waals surface area (Å²) >= 11 is 0. The first-order valence-corrected chi connectivity index (χ1v) is 8.09. The predicted octanol–water partition coefficient (Wildman–Crippen LogP) is 1.28. The van der Waals surface area contributed by atoms with Gasteiger partial charge in [-0.25, -0.2) is 12.8 Å². The van der Waals surface area contributed by atoms with E-state index in [0.717, 1.165) is 0 Å². The maximum absolute atomic E-state index is 13.2. The second-order valence-electron chi connectivity index (χ2n) is 5.08. The third kappa shape index (κ3) is 3.91. The van der Waals surface area contributed by atoms with E-state index in [-0.39, 0.29) is 29.5 Å². The summed E-state index contributed by atoms with van der Waals surface area (Å²) in [7, 11) is -2.98. The number of nitrogens with two attached hydrogens (primary N) is 1. The Morgan fingerprint density at radius 3 is 2.84 bits per heavy atom. The Morgan fingerprint density at radius 1 is 1.53 bits per heavy atom. The second-order valence-corrected chi connectivity index (χ2v) is 7.31. The van der Waals surface area contributed by atoms with Gasteiger partial charge in [0.05, 0.1) is 11.5 Å². The molecule has 0 aromatic heterocycles. The van der Waals surface area contributed by atoms with Gasteiger partial charge in [0, 0.05) is 6.04 Å². The molecule has 1 aromatic rings. The standard InChI is InChI=1S/C13H18FNO3S/c1-9(15)6-10-7-11(14)2-3-13(10)18-12-4-5-19(16,17)8-12/h2-3,7,9,12H,4-6,8,15H2,1H3. The molecule has 4 nitrogen and oxygen atoms in total. The first-order chi connectivity index (χ1) is 8.85. The van der Waals surface area contributed by atoms with E-state index in [1.54, 1.807) is 0 Å². The van der Waals surface area contributed by atoms with Gasteiger partial charge >= 0.3 is 0 Å². The number of rotatable bonds is 4. The van der Waals surface area contributed by atoms with Crippen LogP contribution in [0.2, 0.25) is 0 Å². The first-order valence-electron chi connectivity index (χ1n) is 6.27. The summed E-state index contributed by atoms with van der Waals surface area (Å²) in [5.41, 5.74) is 6.40. The van der Waals surface area contributed by atoms with Crippen LogP contribution in [0.3, 0.4) is 0 Å². The quantitative estimate of drug-likeness (QED) is 0.905. The van der Waals surface area contributed by atoms with Crippen molar-refractivity contribution in [3.05, 3.63) is 29.6 Å². The van der Waals surface area contributed by atoms with E-state index in [1.165, 1.54) is 18.2 Å². The molecule has 2 N–H and O–H groups in total. The van der Waals surface area contributed by atoms with Crippen molar-refractivity contribution < 1.29 is 17.5 Å². The van der Waals surface area contributed by atoms with Crippen LogP contribution in [0.15, 0.2) is 18.2 Å². The fourth-order valence-corrected chi connectivity index (χ4v) is 3.79. The van der Waals surface area contributed by atoms with Gasteiger partial charge in [0.2, 0.25) is 0 Å². The van der Waals surface area contributed by atoms with E-state index in [0.29, 0.717) is 24.2 Å². The molecule has 2 atom stereocenters. The van der Waals surface area contributed by atoms with Crippen LogP contribution in [0, 0.1) is 5.82 Å². The van der Waals surface area contributed by atoms with Gasteiger partial charge in [-0.15, -0.1) is 0 Å². The summed E-state index contributed by atoms with van der Waals surface area (Å²) in [5, 5.41) is 0. The molecule has 1 heterocycles. The summed E-state index contributed by atoms with van der Waals surface area (Å²) in [6.07, 6.45) is 0.631. The minimum absolute atomic E-state index is 0.0298. The van der Waals surface area contributed by atoms with Crippen LogP contribution < -0.4 is 10.5 Å². The third-order valence-electron chi connectivity index (χ3n) is 3.05. The van der Waals surface area contributed by atoms with Gasteiger partial charge in [0.15, 0.2) is 9.84 Å². The molecule has 1 fully saturated rings. The number of hydrogen-bond acceptors (Lipinski definition) is 4. The van der Waals surface area contributed by atoms with Gasteiger partial charge in [0.25, 0.3) is 0 Å². The van der Waals surface area contributed by atoms with E-state index in [1.807, 2.05) is 6.92 Å². The van der Waals surface area contributed by atoms with Gasteiger partial charge in [-0.05, 0) is 43.5 Å². The first kappa shape index (κ1) is 14.3. The van der Waals surface area contributed by atoms with E-state index in [9.17, 15) is 12.8 Å². The number of sulfone groups is 1. The van der Waals surface area contributed by atoms with Crippen molar-refractivity contribution in [2.75, 3.05) is 11.5 Å². The Hall–Kier alpha value is -1.14. The maximum atomic E-state index is 13.2. The molecule has 2 rings (SSSR count). The molecule has 106 valence electrons. The molecule has 6 heteroatoms. The molecular formula is C13H18FNO3S. The van der Waals surface area contributed by atoms with Crippen LogP contribution in [0.25, 0.3) is 0 Å². The van der Waals surface area contributed by atoms with Crippen molar-refractivity contribution in [2.45, 2.75) is 31.9 Å². The highest BCUT2D eigenvalue weighted by Crippen LogP contribution is 2.25. The fourth-order valence-electron chi connectivity index (χ4n) is 2.20. The molecule has 1 aliphatic rings. The Balaban J connectivity index is 2.15. The third-order valence-corrected chi connectivity index (χ3v) is 4.79. The van der Waals surface area contributed by atoms with Gasteiger partial charge in [0.1, 0.15) is 17.7 Å². The van der Waals surface area contributed by atoms with Crippen LogP contribution in [-0.4, -0.2) is 32.1 Å². The highest BCUT2D eigenvalue weighted by atomic mass is 32.2. The summed E-state index contributed by atoms with van der Waals surface area (Å²) < 4.78 is 41.7. The SMILES string of the molecule is CC(N)Cc1cc(F)ccc1OC1CCS(=O)(=O)C1. The molecular weight excluding hydrogens is 269 g/mol. The number of hydrogen-bond donors (Lipinski definition) is 1. The maximum Gasteiger partial charge on any atom is 0.154 e. The smallest absolute Gasteiger partial charge is 0.154 e. The number of ether oxygens (including phenoxy) is 1. The normalized spacial score (nSPS) is 23.2. The zero-order valence-corrected chi connectivity index (χ0v) is 11.6. The molecule has 0 saturated carbocycles. The minimum atomic E-state index is -2.98. The second kappa shape index (κ2) is 5.46. The lowest BCUT2D eigenvalue weighted by Gasteiger charge is -2.17. The van der Waals surface area contributed by atoms with Gasteiger partial charge in [-0.1, -0.05) is 0 Å². The average molecular weight is 287 g/mol. The summed E-state index contributed by atoms with van der Waals surface area (Å²) in [6.45, 7) is 1.83. The molecule has 1 aliphatic heterocycles. The Morgan fingerprint density at radius 2 is 2.26 bits per heavy atom. The van der Waals surface area contributed by atoms with Crippen molar-refractivity contribution in [2.24, 2.45) is 5.73 Å². The summed E-state index contributed by atoms with van der Waals surface area (Å²) in [4.78, 5) is 0. The van der Waals surface area contributed by atoms with Crippen LogP contribution in [0.4, 0.5) is 4.39 Å². The minimum Gasteiger partial charge on any atom is -0.489 e. The van der Waals surface area contributed by atoms with E-state index < -0.39 is 9.84 Å². The van der Waals surface area contributed by atoms with Crippen molar-refractivity contribution in [3.63, 3.8) is 0 Å². The van der Waals surface area contributed by atoms with Crippen LogP contribution >= 0.6 is 0 Å². The number of benzene rings is 1. The molecule has 2 unspecified atom stereocenters. The van der Waals surface area contributed by atoms with E-state index in [2.05, 4.69) is 0 Å². The lowest BCUT2D eigenvalue weighted by molar-refractivity contribution is 0.226. The van der Waals surface area contributed by atoms with Crippen LogP contribution in [0.5, 0.6) is 5.75 Å². The van der Waals surface area contributed by atoms with Crippen molar-refractivity contribution in [3.8, 4) is 5.75 Å². The highest BCUT2D eigenvalue weighted by molar-refractivity contribution is 7.91. The topological polar surface area (TPSA) is 69.4 Å². The van der Waals surface area contributed by atoms with Crippen molar-refractivity contribution in [1.82, 2.24) is 0 Å². The zero-order valence-electron chi connectivity index (χ0n) is 10.8. The molecule has 19 heavy (non-hydrogen) atoms. The fraction of sp³-hybridized carbons (Fsp3) is 0.538. The van der Waals surface area contributed by atoms with Gasteiger partial charge in [-0.3, -0.25) is 0 Å². The predicted molar refractivity (Wildman–Crippen MR) is 71.4 cm³/mol. The average Bonchev–Trinajstić information content (AvgIpc) is 2.61. The lowest BCUT2D eigenvalue weighted by Crippen LogP contribution is -2.21. The summed E-state index contributed by atoms with van der Waals surface area (Å²) in [5.74, 6) is 0.367. The highest BCUT2D eigenvalue weighted by Gasteiger charge is 2.29. The van der Waals surface area contributed by atoms with E-state index in [4.69, 9.17) is 10.5 Å². The van der Waals surface area contributed by atoms with E-state index >= 15 is 0 Å². The summed E-state index contributed by atoms with van der Waals surface area (Å²) in [6, 6.07) is 4.13. The Labute approximate surface area is 112 Å². The van der Waals surface area contributed by atoms with Crippen LogP contribution in [-0.2, 0) is 16.3 Å². The molecule has 0 spiro atoms. The monoisotopic (exact) mass is 287 g/mol. The van der Waals surface area contributed by atoms with Crippen molar-refractivity contribution >= 4 is 9.84 Å². The zero-order chi connectivity index (χ0) is 14.0. The van der Waals surface area contributed by atoms with Crippen LogP contribution in [0.1, 0.15) is 18.9 Å². The molecule has 0 amide bonds. The number of halogens is 1.